The maximum Gasteiger partial charge on any atom is 0.338 e. The second-order valence-electron chi connectivity index (χ2n) is 5.75. The van der Waals surface area contributed by atoms with Crippen molar-refractivity contribution in [1.29, 1.82) is 0 Å². The second-order valence-corrected chi connectivity index (χ2v) is 5.75. The van der Waals surface area contributed by atoms with Crippen molar-refractivity contribution in [2.45, 2.75) is 13.5 Å². The molecule has 7 nitrogen and oxygen atoms in total. The van der Waals surface area contributed by atoms with Gasteiger partial charge in [-0.25, -0.2) is 4.79 Å². The zero-order chi connectivity index (χ0) is 19.1. The van der Waals surface area contributed by atoms with Crippen molar-refractivity contribution in [3.8, 4) is 5.75 Å². The molecule has 0 aliphatic heterocycles. The molecular weight excluding hydrogens is 348 g/mol. The zero-order valence-electron chi connectivity index (χ0n) is 14.7. The first-order chi connectivity index (χ1) is 13.1. The van der Waals surface area contributed by atoms with E-state index in [1.807, 2.05) is 30.3 Å². The molecular formula is C20H18N2O5. The lowest BCUT2D eigenvalue weighted by Gasteiger charge is -2.07. The summed E-state index contributed by atoms with van der Waals surface area (Å²) in [7, 11) is 0. The largest absolute Gasteiger partial charge is 0.489 e. The first-order valence-electron chi connectivity index (χ1n) is 8.27. The first-order valence-corrected chi connectivity index (χ1v) is 8.27. The minimum atomic E-state index is -0.586. The van der Waals surface area contributed by atoms with Gasteiger partial charge in [-0.2, -0.15) is 0 Å². The molecule has 1 heterocycles. The number of ether oxygens (including phenoxy) is 2. The Morgan fingerprint density at radius 2 is 1.81 bits per heavy atom. The van der Waals surface area contributed by atoms with E-state index >= 15 is 0 Å². The van der Waals surface area contributed by atoms with Gasteiger partial charge in [0.05, 0.1) is 5.56 Å². The number of rotatable bonds is 7. The molecule has 3 rings (SSSR count). The molecule has 0 atom stereocenters. The summed E-state index contributed by atoms with van der Waals surface area (Å²) in [5.41, 5.74) is 1.26. The van der Waals surface area contributed by atoms with Crippen LogP contribution in [0.15, 0.2) is 65.2 Å². The number of benzene rings is 2. The summed E-state index contributed by atoms with van der Waals surface area (Å²) >= 11 is 0. The molecule has 0 bridgehead atoms. The maximum atomic E-state index is 12.0. The van der Waals surface area contributed by atoms with Crippen LogP contribution in [-0.2, 0) is 16.1 Å². The third-order valence-corrected chi connectivity index (χ3v) is 3.57. The van der Waals surface area contributed by atoms with Gasteiger partial charge >= 0.3 is 5.97 Å². The van der Waals surface area contributed by atoms with E-state index in [2.05, 4.69) is 10.5 Å². The van der Waals surface area contributed by atoms with Crippen molar-refractivity contribution < 1.29 is 23.6 Å². The highest BCUT2D eigenvalue weighted by atomic mass is 16.5. The summed E-state index contributed by atoms with van der Waals surface area (Å²) < 4.78 is 15.5. The van der Waals surface area contributed by atoms with Crippen LogP contribution in [0, 0.1) is 6.92 Å². The fraction of sp³-hybridized carbons (Fsp3) is 0.150. The average molecular weight is 366 g/mol. The Bertz CT molecular complexity index is 904. The van der Waals surface area contributed by atoms with E-state index in [9.17, 15) is 9.59 Å². The average Bonchev–Trinajstić information content (AvgIpc) is 3.10. The van der Waals surface area contributed by atoms with Gasteiger partial charge in [0.15, 0.2) is 12.4 Å². The van der Waals surface area contributed by atoms with E-state index in [1.54, 1.807) is 37.3 Å². The van der Waals surface area contributed by atoms with Crippen molar-refractivity contribution in [3.05, 3.63) is 77.6 Å². The van der Waals surface area contributed by atoms with E-state index in [0.29, 0.717) is 17.9 Å². The molecule has 0 radical (unpaired) electrons. The van der Waals surface area contributed by atoms with Gasteiger partial charge < -0.3 is 19.3 Å². The summed E-state index contributed by atoms with van der Waals surface area (Å²) in [6.07, 6.45) is 0. The Hall–Kier alpha value is -3.61. The molecule has 0 fully saturated rings. The topological polar surface area (TPSA) is 90.7 Å². The van der Waals surface area contributed by atoms with E-state index in [1.165, 1.54) is 0 Å². The van der Waals surface area contributed by atoms with E-state index in [0.717, 1.165) is 11.3 Å². The van der Waals surface area contributed by atoms with Gasteiger partial charge in [-0.3, -0.25) is 4.79 Å². The van der Waals surface area contributed by atoms with Gasteiger partial charge in [-0.1, -0.05) is 35.5 Å². The Morgan fingerprint density at radius 3 is 2.48 bits per heavy atom. The Balaban J connectivity index is 1.46. The molecule has 0 aliphatic rings. The first kappa shape index (κ1) is 18.2. The standard InChI is InChI=1S/C20H18N2O5/c1-14-11-18(22-27-14)21-19(23)13-26-20(24)16-9-7-15(8-10-16)12-25-17-5-3-2-4-6-17/h2-11H,12-13H2,1H3,(H,21,22,23). The second kappa shape index (κ2) is 8.66. The van der Waals surface area contributed by atoms with Crippen LogP contribution < -0.4 is 10.1 Å². The van der Waals surface area contributed by atoms with Crippen LogP contribution >= 0.6 is 0 Å². The molecule has 0 saturated carbocycles. The number of aromatic nitrogens is 1. The summed E-state index contributed by atoms with van der Waals surface area (Å²) in [6.45, 7) is 1.68. The Morgan fingerprint density at radius 1 is 1.07 bits per heavy atom. The summed E-state index contributed by atoms with van der Waals surface area (Å²) in [5, 5.41) is 6.10. The van der Waals surface area contributed by atoms with Crippen LogP contribution in [0.25, 0.3) is 0 Å². The van der Waals surface area contributed by atoms with Crippen LogP contribution in [0.3, 0.4) is 0 Å². The van der Waals surface area contributed by atoms with Crippen molar-refractivity contribution in [2.75, 3.05) is 11.9 Å². The molecule has 7 heteroatoms. The molecule has 0 aliphatic carbocycles. The van der Waals surface area contributed by atoms with Crippen LogP contribution in [-0.4, -0.2) is 23.6 Å². The molecule has 27 heavy (non-hydrogen) atoms. The number of amides is 1. The number of hydrogen-bond acceptors (Lipinski definition) is 6. The number of nitrogens with one attached hydrogen (secondary N) is 1. The molecule has 1 N–H and O–H groups in total. The summed E-state index contributed by atoms with van der Waals surface area (Å²) in [4.78, 5) is 23.8. The predicted octanol–water partition coefficient (Wildman–Crippen LogP) is 3.36. The smallest absolute Gasteiger partial charge is 0.338 e. The van der Waals surface area contributed by atoms with Crippen molar-refractivity contribution in [1.82, 2.24) is 5.16 Å². The van der Waals surface area contributed by atoms with Crippen molar-refractivity contribution >= 4 is 17.7 Å². The summed E-state index contributed by atoms with van der Waals surface area (Å²) in [6, 6.07) is 17.8. The fourth-order valence-corrected chi connectivity index (χ4v) is 2.24. The molecule has 1 aromatic heterocycles. The van der Waals surface area contributed by atoms with Gasteiger partial charge in [0.1, 0.15) is 18.1 Å². The van der Waals surface area contributed by atoms with Crippen molar-refractivity contribution in [3.63, 3.8) is 0 Å². The van der Waals surface area contributed by atoms with Crippen molar-refractivity contribution in [2.24, 2.45) is 0 Å². The molecule has 2 aromatic carbocycles. The molecule has 138 valence electrons. The van der Waals surface area contributed by atoms with Crippen LogP contribution in [0.2, 0.25) is 0 Å². The van der Waals surface area contributed by atoms with Gasteiger partial charge in [-0.05, 0) is 36.8 Å². The van der Waals surface area contributed by atoms with Gasteiger partial charge in [0.2, 0.25) is 0 Å². The third-order valence-electron chi connectivity index (χ3n) is 3.57. The number of anilines is 1. The molecule has 0 saturated heterocycles. The van der Waals surface area contributed by atoms with Crippen LogP contribution in [0.4, 0.5) is 5.82 Å². The van der Waals surface area contributed by atoms with E-state index in [4.69, 9.17) is 14.0 Å². The minimum Gasteiger partial charge on any atom is -0.489 e. The monoisotopic (exact) mass is 366 g/mol. The highest BCUT2D eigenvalue weighted by Gasteiger charge is 2.12. The molecule has 0 spiro atoms. The van der Waals surface area contributed by atoms with Crippen LogP contribution in [0.5, 0.6) is 5.75 Å². The number of nitrogens with zero attached hydrogens (tertiary/aromatic N) is 1. The highest BCUT2D eigenvalue weighted by Crippen LogP contribution is 2.13. The molecule has 0 unspecified atom stereocenters. The summed E-state index contributed by atoms with van der Waals surface area (Å²) in [5.74, 6) is 0.533. The van der Waals surface area contributed by atoms with Gasteiger partial charge in [-0.15, -0.1) is 0 Å². The van der Waals surface area contributed by atoms with E-state index in [-0.39, 0.29) is 5.82 Å². The maximum absolute atomic E-state index is 12.0. The highest BCUT2D eigenvalue weighted by molar-refractivity contribution is 5.95. The van der Waals surface area contributed by atoms with E-state index < -0.39 is 18.5 Å². The minimum absolute atomic E-state index is 0.274. The number of aryl methyl sites for hydroxylation is 1. The Labute approximate surface area is 155 Å². The predicted molar refractivity (Wildman–Crippen MR) is 97.4 cm³/mol. The number of para-hydroxylation sites is 1. The van der Waals surface area contributed by atoms with Crippen LogP contribution in [0.1, 0.15) is 21.7 Å². The van der Waals surface area contributed by atoms with Gasteiger partial charge in [0, 0.05) is 6.07 Å². The fourth-order valence-electron chi connectivity index (χ4n) is 2.24. The number of hydrogen-bond donors (Lipinski definition) is 1. The quantitative estimate of drug-likeness (QED) is 0.645. The molecule has 1 amide bonds. The normalized spacial score (nSPS) is 10.3. The lowest BCUT2D eigenvalue weighted by molar-refractivity contribution is -0.119. The number of esters is 1. The third kappa shape index (κ3) is 5.43. The lowest BCUT2D eigenvalue weighted by Crippen LogP contribution is -2.21. The van der Waals surface area contributed by atoms with Gasteiger partial charge in [0.25, 0.3) is 5.91 Å². The number of carbonyl (C=O) groups excluding carboxylic acids is 2. The number of carbonyl (C=O) groups is 2. The SMILES string of the molecule is Cc1cc(NC(=O)COC(=O)c2ccc(COc3ccccc3)cc2)no1. The molecule has 3 aromatic rings. The Kier molecular flexibility index (Phi) is 5.84. The zero-order valence-corrected chi connectivity index (χ0v) is 14.7. The lowest BCUT2D eigenvalue weighted by atomic mass is 10.1.